The number of pyridine rings is 1. The third-order valence-corrected chi connectivity index (χ3v) is 4.54. The van der Waals surface area contributed by atoms with Gasteiger partial charge in [-0.25, -0.2) is 9.97 Å². The van der Waals surface area contributed by atoms with Crippen molar-refractivity contribution in [2.24, 2.45) is 0 Å². The van der Waals surface area contributed by atoms with Crippen molar-refractivity contribution < 1.29 is 0 Å². The number of hydrogen-bond acceptors (Lipinski definition) is 3. The second kappa shape index (κ2) is 5.35. The van der Waals surface area contributed by atoms with E-state index in [0.29, 0.717) is 0 Å². The van der Waals surface area contributed by atoms with E-state index in [2.05, 4.69) is 42.2 Å². The molecule has 118 valence electrons. The Morgan fingerprint density at radius 1 is 0.800 bits per heavy atom. The molecule has 0 bridgehead atoms. The molecule has 2 heterocycles. The monoisotopic (exact) mass is 321 g/mol. The van der Waals surface area contributed by atoms with E-state index >= 15 is 0 Å². The van der Waals surface area contributed by atoms with Crippen LogP contribution in [0.1, 0.15) is 22.4 Å². The van der Waals surface area contributed by atoms with E-state index in [0.717, 1.165) is 39.1 Å². The molecule has 0 N–H and O–H groups in total. The van der Waals surface area contributed by atoms with E-state index in [1.54, 1.807) is 6.20 Å². The maximum absolute atomic E-state index is 4.93. The normalized spacial score (nSPS) is 13.9. The van der Waals surface area contributed by atoms with Gasteiger partial charge in [0.2, 0.25) is 0 Å². The summed E-state index contributed by atoms with van der Waals surface area (Å²) in [6, 6.07) is 18.5. The fourth-order valence-corrected chi connectivity index (χ4v) is 3.36. The quantitative estimate of drug-likeness (QED) is 0.440. The molecule has 0 fully saturated rings. The predicted molar refractivity (Wildman–Crippen MR) is 101 cm³/mol. The van der Waals surface area contributed by atoms with Crippen molar-refractivity contribution in [2.75, 3.05) is 0 Å². The summed E-state index contributed by atoms with van der Waals surface area (Å²) in [5.74, 6) is 0. The Labute approximate surface area is 145 Å². The van der Waals surface area contributed by atoms with Crippen molar-refractivity contribution in [3.05, 3.63) is 89.4 Å². The number of aromatic nitrogens is 3. The highest BCUT2D eigenvalue weighted by molar-refractivity contribution is 6.05. The van der Waals surface area contributed by atoms with Gasteiger partial charge in [0.15, 0.2) is 0 Å². The van der Waals surface area contributed by atoms with Crippen LogP contribution in [0.25, 0.3) is 33.9 Å². The zero-order chi connectivity index (χ0) is 16.8. The van der Waals surface area contributed by atoms with E-state index < -0.39 is 0 Å². The average molecular weight is 321 g/mol. The molecule has 3 nitrogen and oxygen atoms in total. The van der Waals surface area contributed by atoms with Crippen LogP contribution in [0.3, 0.4) is 0 Å². The molecule has 0 aliphatic heterocycles. The minimum atomic E-state index is 0.919. The molecule has 3 heteroatoms. The van der Waals surface area contributed by atoms with Crippen molar-refractivity contribution >= 4 is 22.7 Å². The number of benzene rings is 2. The van der Waals surface area contributed by atoms with Crippen LogP contribution in [0, 0.1) is 6.92 Å². The minimum Gasteiger partial charge on any atom is -0.264 e. The first-order valence-electron chi connectivity index (χ1n) is 8.30. The van der Waals surface area contributed by atoms with Gasteiger partial charge in [-0.1, -0.05) is 42.0 Å². The molecule has 1 aliphatic rings. The summed E-state index contributed by atoms with van der Waals surface area (Å²) in [6.07, 6.45) is 5.81. The van der Waals surface area contributed by atoms with Gasteiger partial charge >= 0.3 is 0 Å². The highest BCUT2D eigenvalue weighted by Gasteiger charge is 2.27. The van der Waals surface area contributed by atoms with Crippen molar-refractivity contribution in [1.82, 2.24) is 15.0 Å². The standard InChI is InChI=1S/C22H15N3/c1-14-8-9-16-17(11-14)18(12-15-5-4-10-23-13-15)22-21(16)24-19-6-2-3-7-20(19)25-22/h2-13H,1H3/b18-12-. The first kappa shape index (κ1) is 14.1. The SMILES string of the molecule is Cc1ccc2c(c1)/C(=C/c1cccnc1)c1nc3ccccc3nc1-2. The van der Waals surface area contributed by atoms with Gasteiger partial charge in [-0.3, -0.25) is 4.98 Å². The lowest BCUT2D eigenvalue weighted by Gasteiger charge is -2.04. The van der Waals surface area contributed by atoms with Gasteiger partial charge in [0.05, 0.1) is 22.4 Å². The predicted octanol–water partition coefficient (Wildman–Crippen LogP) is 4.90. The maximum Gasteiger partial charge on any atom is 0.0979 e. The lowest BCUT2D eigenvalue weighted by Crippen LogP contribution is -1.92. The highest BCUT2D eigenvalue weighted by atomic mass is 14.8. The Morgan fingerprint density at radius 3 is 2.36 bits per heavy atom. The van der Waals surface area contributed by atoms with E-state index in [-0.39, 0.29) is 0 Å². The summed E-state index contributed by atoms with van der Waals surface area (Å²) in [5.41, 5.74) is 9.49. The summed E-state index contributed by atoms with van der Waals surface area (Å²) in [4.78, 5) is 14.1. The molecule has 0 atom stereocenters. The number of aryl methyl sites for hydroxylation is 1. The van der Waals surface area contributed by atoms with Gasteiger partial charge < -0.3 is 0 Å². The van der Waals surface area contributed by atoms with E-state index in [1.807, 2.05) is 36.5 Å². The molecule has 0 spiro atoms. The van der Waals surface area contributed by atoms with Crippen LogP contribution >= 0.6 is 0 Å². The van der Waals surface area contributed by atoms with Crippen LogP contribution in [0.2, 0.25) is 0 Å². The maximum atomic E-state index is 4.93. The molecule has 5 rings (SSSR count). The number of fused-ring (bicyclic) bond motifs is 4. The van der Waals surface area contributed by atoms with Gasteiger partial charge in [-0.2, -0.15) is 0 Å². The first-order valence-corrected chi connectivity index (χ1v) is 8.30. The van der Waals surface area contributed by atoms with Crippen LogP contribution in [-0.2, 0) is 0 Å². The van der Waals surface area contributed by atoms with Crippen molar-refractivity contribution in [3.63, 3.8) is 0 Å². The molecule has 25 heavy (non-hydrogen) atoms. The molecule has 0 saturated heterocycles. The van der Waals surface area contributed by atoms with Crippen molar-refractivity contribution in [1.29, 1.82) is 0 Å². The Morgan fingerprint density at radius 2 is 1.60 bits per heavy atom. The summed E-state index contributed by atoms with van der Waals surface area (Å²) < 4.78 is 0. The van der Waals surface area contributed by atoms with Gasteiger partial charge in [0, 0.05) is 23.5 Å². The van der Waals surface area contributed by atoms with Gasteiger partial charge in [0.25, 0.3) is 0 Å². The lowest BCUT2D eigenvalue weighted by molar-refractivity contribution is 1.28. The molecule has 0 unspecified atom stereocenters. The zero-order valence-corrected chi connectivity index (χ0v) is 13.8. The number of rotatable bonds is 1. The third-order valence-electron chi connectivity index (χ3n) is 4.54. The van der Waals surface area contributed by atoms with Crippen LogP contribution in [-0.4, -0.2) is 15.0 Å². The Balaban J connectivity index is 1.84. The molecular weight excluding hydrogens is 306 g/mol. The molecule has 2 aromatic heterocycles. The molecule has 0 saturated carbocycles. The summed E-state index contributed by atoms with van der Waals surface area (Å²) in [6.45, 7) is 2.11. The number of hydrogen-bond donors (Lipinski definition) is 0. The van der Waals surface area contributed by atoms with E-state index in [4.69, 9.17) is 9.97 Å². The molecule has 2 aromatic carbocycles. The Hall–Kier alpha value is -3.33. The zero-order valence-electron chi connectivity index (χ0n) is 13.8. The van der Waals surface area contributed by atoms with E-state index in [9.17, 15) is 0 Å². The topological polar surface area (TPSA) is 38.7 Å². The second-order valence-electron chi connectivity index (χ2n) is 6.30. The second-order valence-corrected chi connectivity index (χ2v) is 6.30. The average Bonchev–Trinajstić information content (AvgIpc) is 2.93. The van der Waals surface area contributed by atoms with Gasteiger partial charge in [-0.05, 0) is 42.3 Å². The smallest absolute Gasteiger partial charge is 0.0979 e. The van der Waals surface area contributed by atoms with Gasteiger partial charge in [-0.15, -0.1) is 0 Å². The molecule has 0 radical (unpaired) electrons. The van der Waals surface area contributed by atoms with Crippen LogP contribution in [0.5, 0.6) is 0 Å². The van der Waals surface area contributed by atoms with Crippen LogP contribution in [0.4, 0.5) is 0 Å². The lowest BCUT2D eigenvalue weighted by atomic mass is 10.0. The summed E-state index contributed by atoms with van der Waals surface area (Å²) in [7, 11) is 0. The number of para-hydroxylation sites is 2. The fraction of sp³-hybridized carbons (Fsp3) is 0.0455. The van der Waals surface area contributed by atoms with Crippen LogP contribution in [0.15, 0.2) is 67.0 Å². The largest absolute Gasteiger partial charge is 0.264 e. The molecule has 4 aromatic rings. The van der Waals surface area contributed by atoms with Crippen LogP contribution < -0.4 is 0 Å². The van der Waals surface area contributed by atoms with E-state index in [1.165, 1.54) is 11.1 Å². The number of nitrogens with zero attached hydrogens (tertiary/aromatic N) is 3. The first-order chi connectivity index (χ1) is 12.3. The fourth-order valence-electron chi connectivity index (χ4n) is 3.36. The molecule has 1 aliphatic carbocycles. The molecular formula is C22H15N3. The van der Waals surface area contributed by atoms with Crippen molar-refractivity contribution in [2.45, 2.75) is 6.92 Å². The third kappa shape index (κ3) is 2.24. The Kier molecular flexibility index (Phi) is 3.01. The highest BCUT2D eigenvalue weighted by Crippen LogP contribution is 2.43. The molecule has 0 amide bonds. The summed E-state index contributed by atoms with van der Waals surface area (Å²) >= 11 is 0. The Bertz CT molecular complexity index is 1140. The summed E-state index contributed by atoms with van der Waals surface area (Å²) in [5, 5.41) is 0. The van der Waals surface area contributed by atoms with Crippen molar-refractivity contribution in [3.8, 4) is 11.3 Å². The minimum absolute atomic E-state index is 0.919. The van der Waals surface area contributed by atoms with Gasteiger partial charge in [0.1, 0.15) is 0 Å².